The summed E-state index contributed by atoms with van der Waals surface area (Å²) in [5.41, 5.74) is 5.77. The first-order valence-electron chi connectivity index (χ1n) is 11.8. The van der Waals surface area contributed by atoms with Gasteiger partial charge < -0.3 is 14.8 Å². The van der Waals surface area contributed by atoms with Crippen LogP contribution in [-0.2, 0) is 12.8 Å². The third-order valence-corrected chi connectivity index (χ3v) is 7.69. The van der Waals surface area contributed by atoms with E-state index in [0.29, 0.717) is 11.3 Å². The van der Waals surface area contributed by atoms with Gasteiger partial charge in [-0.1, -0.05) is 25.0 Å². The van der Waals surface area contributed by atoms with Gasteiger partial charge in [-0.3, -0.25) is 4.79 Å². The summed E-state index contributed by atoms with van der Waals surface area (Å²) in [6, 6.07) is 11.6. The van der Waals surface area contributed by atoms with Crippen LogP contribution in [-0.4, -0.2) is 26.3 Å². The monoisotopic (exact) mass is 476 g/mol. The van der Waals surface area contributed by atoms with Gasteiger partial charge in [-0.05, 0) is 80.5 Å². The summed E-state index contributed by atoms with van der Waals surface area (Å²) in [5.74, 6) is 1.35. The number of benzene rings is 2. The molecule has 3 aromatic rings. The number of ether oxygens (including phenoxy) is 2. The second kappa shape index (κ2) is 10.9. The van der Waals surface area contributed by atoms with E-state index in [1.165, 1.54) is 17.7 Å². The highest BCUT2D eigenvalue weighted by atomic mass is 32.1. The third-order valence-electron chi connectivity index (χ3n) is 6.49. The van der Waals surface area contributed by atoms with Crippen LogP contribution in [0.1, 0.15) is 63.2 Å². The Morgan fingerprint density at radius 2 is 1.82 bits per heavy atom. The lowest BCUT2D eigenvalue weighted by Crippen LogP contribution is -2.15. The predicted octanol–water partition coefficient (Wildman–Crippen LogP) is 7.04. The van der Waals surface area contributed by atoms with E-state index in [1.807, 2.05) is 37.3 Å². The van der Waals surface area contributed by atoms with Crippen molar-refractivity contribution in [1.82, 2.24) is 0 Å². The number of carbonyl (C=O) groups excluding carboxylic acids is 1. The van der Waals surface area contributed by atoms with Crippen molar-refractivity contribution >= 4 is 34.1 Å². The first-order valence-corrected chi connectivity index (χ1v) is 12.6. The molecule has 6 heteroatoms. The number of aliphatic imine (C=N–C) groups is 1. The fraction of sp³-hybridized carbons (Fsp3) is 0.357. The summed E-state index contributed by atoms with van der Waals surface area (Å²) >= 11 is 1.64. The summed E-state index contributed by atoms with van der Waals surface area (Å²) in [6.07, 6.45) is 8.38. The Labute approximate surface area is 205 Å². The number of anilines is 1. The number of fused-ring (bicyclic) bond motifs is 1. The summed E-state index contributed by atoms with van der Waals surface area (Å²) in [5, 5.41) is 3.92. The van der Waals surface area contributed by atoms with Gasteiger partial charge in [0.25, 0.3) is 5.91 Å². The molecule has 0 spiro atoms. The Morgan fingerprint density at radius 1 is 1.03 bits per heavy atom. The summed E-state index contributed by atoms with van der Waals surface area (Å²) in [6.45, 7) is 4.10. The second-order valence-corrected chi connectivity index (χ2v) is 9.75. The highest BCUT2D eigenvalue weighted by molar-refractivity contribution is 7.16. The van der Waals surface area contributed by atoms with Crippen LogP contribution in [0.15, 0.2) is 41.4 Å². The highest BCUT2D eigenvalue weighted by Gasteiger charge is 2.24. The average molecular weight is 477 g/mol. The van der Waals surface area contributed by atoms with Gasteiger partial charge in [0, 0.05) is 22.3 Å². The number of rotatable bonds is 6. The van der Waals surface area contributed by atoms with Crippen molar-refractivity contribution in [2.75, 3.05) is 19.5 Å². The lowest BCUT2D eigenvalue weighted by Gasteiger charge is -2.13. The quantitative estimate of drug-likeness (QED) is 0.388. The van der Waals surface area contributed by atoms with Crippen LogP contribution in [0.4, 0.5) is 10.7 Å². The van der Waals surface area contributed by atoms with E-state index in [1.54, 1.807) is 31.8 Å². The fourth-order valence-electron chi connectivity index (χ4n) is 4.37. The minimum Gasteiger partial charge on any atom is -0.497 e. The molecule has 1 aliphatic carbocycles. The second-order valence-electron chi connectivity index (χ2n) is 8.67. The van der Waals surface area contributed by atoms with Crippen LogP contribution in [0, 0.1) is 13.8 Å². The van der Waals surface area contributed by atoms with Crippen molar-refractivity contribution in [2.24, 2.45) is 4.99 Å². The predicted molar refractivity (Wildman–Crippen MR) is 141 cm³/mol. The zero-order chi connectivity index (χ0) is 24.1. The highest BCUT2D eigenvalue weighted by Crippen LogP contribution is 2.40. The number of hydrogen-bond acceptors (Lipinski definition) is 5. The number of hydrogen-bond donors (Lipinski definition) is 1. The Morgan fingerprint density at radius 3 is 2.59 bits per heavy atom. The van der Waals surface area contributed by atoms with E-state index in [4.69, 9.17) is 14.5 Å². The fourth-order valence-corrected chi connectivity index (χ4v) is 5.60. The largest absolute Gasteiger partial charge is 0.497 e. The van der Waals surface area contributed by atoms with Gasteiger partial charge >= 0.3 is 0 Å². The van der Waals surface area contributed by atoms with Gasteiger partial charge in [0.05, 0.1) is 19.8 Å². The minimum absolute atomic E-state index is 0.0865. The standard InChI is InChI=1S/C28H32N2O3S/c1-18-10-9-12-23(19(18)2)30-27(31)26-22-11-7-5-6-8-13-25(22)34-28(26)29-17-20-16-21(32-3)14-15-24(20)33-4/h9-10,12,14-17H,5-8,11,13H2,1-4H3,(H,30,31). The zero-order valence-corrected chi connectivity index (χ0v) is 21.2. The SMILES string of the molecule is COc1ccc(OC)c(C=Nc2sc3c(c2C(=O)Nc2cccc(C)c2C)CCCCCC3)c1. The van der Waals surface area contributed by atoms with Crippen molar-refractivity contribution in [3.05, 3.63) is 69.1 Å². The van der Waals surface area contributed by atoms with E-state index >= 15 is 0 Å². The molecule has 34 heavy (non-hydrogen) atoms. The van der Waals surface area contributed by atoms with Gasteiger partial charge in [0.1, 0.15) is 16.5 Å². The first kappa shape index (κ1) is 24.0. The molecule has 0 fully saturated rings. The molecule has 1 aromatic heterocycles. The smallest absolute Gasteiger partial charge is 0.259 e. The minimum atomic E-state index is -0.0865. The Hall–Kier alpha value is -3.12. The van der Waals surface area contributed by atoms with Crippen molar-refractivity contribution in [2.45, 2.75) is 52.4 Å². The summed E-state index contributed by atoms with van der Waals surface area (Å²) < 4.78 is 10.9. The maximum absolute atomic E-state index is 13.6. The molecule has 2 aromatic carbocycles. The van der Waals surface area contributed by atoms with Crippen molar-refractivity contribution in [3.8, 4) is 11.5 Å². The van der Waals surface area contributed by atoms with E-state index in [-0.39, 0.29) is 5.91 Å². The van der Waals surface area contributed by atoms with Crippen LogP contribution in [0.2, 0.25) is 0 Å². The first-order chi connectivity index (χ1) is 16.5. The van der Waals surface area contributed by atoms with Gasteiger partial charge in [-0.25, -0.2) is 4.99 Å². The van der Waals surface area contributed by atoms with E-state index in [0.717, 1.165) is 64.4 Å². The van der Waals surface area contributed by atoms with Gasteiger partial charge in [-0.15, -0.1) is 11.3 Å². The molecule has 0 radical (unpaired) electrons. The normalized spacial score (nSPS) is 13.8. The van der Waals surface area contributed by atoms with E-state index in [9.17, 15) is 4.79 Å². The molecule has 1 aliphatic rings. The average Bonchev–Trinajstić information content (AvgIpc) is 3.16. The summed E-state index contributed by atoms with van der Waals surface area (Å²) in [7, 11) is 3.27. The lowest BCUT2D eigenvalue weighted by molar-refractivity contribution is 0.102. The maximum Gasteiger partial charge on any atom is 0.259 e. The number of carbonyl (C=O) groups is 1. The van der Waals surface area contributed by atoms with Crippen LogP contribution in [0.25, 0.3) is 0 Å². The Kier molecular flexibility index (Phi) is 7.68. The number of nitrogens with zero attached hydrogens (tertiary/aromatic N) is 1. The van der Waals surface area contributed by atoms with E-state index in [2.05, 4.69) is 18.3 Å². The molecule has 1 heterocycles. The molecule has 0 bridgehead atoms. The van der Waals surface area contributed by atoms with Crippen molar-refractivity contribution < 1.29 is 14.3 Å². The van der Waals surface area contributed by atoms with Gasteiger partial charge in [0.2, 0.25) is 0 Å². The summed E-state index contributed by atoms with van der Waals surface area (Å²) in [4.78, 5) is 19.8. The molecule has 0 aliphatic heterocycles. The molecule has 0 unspecified atom stereocenters. The van der Waals surface area contributed by atoms with Gasteiger partial charge in [-0.2, -0.15) is 0 Å². The molecule has 0 saturated heterocycles. The van der Waals surface area contributed by atoms with Crippen LogP contribution in [0.3, 0.4) is 0 Å². The topological polar surface area (TPSA) is 59.9 Å². The van der Waals surface area contributed by atoms with Crippen molar-refractivity contribution in [1.29, 1.82) is 0 Å². The molecule has 4 rings (SSSR count). The lowest BCUT2D eigenvalue weighted by atomic mass is 9.96. The number of nitrogens with one attached hydrogen (secondary N) is 1. The molecule has 0 saturated carbocycles. The maximum atomic E-state index is 13.6. The molecule has 0 atom stereocenters. The molecule has 178 valence electrons. The van der Waals surface area contributed by atoms with Crippen molar-refractivity contribution in [3.63, 3.8) is 0 Å². The Balaban J connectivity index is 1.75. The zero-order valence-electron chi connectivity index (χ0n) is 20.4. The van der Waals surface area contributed by atoms with Gasteiger partial charge in [0.15, 0.2) is 0 Å². The van der Waals surface area contributed by atoms with Crippen LogP contribution in [0.5, 0.6) is 11.5 Å². The molecule has 1 amide bonds. The number of thiophene rings is 1. The number of methoxy groups -OCH3 is 2. The number of aryl methyl sites for hydroxylation is 2. The molecular formula is C28H32N2O3S. The van der Waals surface area contributed by atoms with E-state index < -0.39 is 0 Å². The van der Waals surface area contributed by atoms with Crippen LogP contribution < -0.4 is 14.8 Å². The molecule has 5 nitrogen and oxygen atoms in total. The number of amides is 1. The molecule has 1 N–H and O–H groups in total. The third kappa shape index (κ3) is 5.17. The van der Waals surface area contributed by atoms with Crippen LogP contribution >= 0.6 is 11.3 Å². The molecular weight excluding hydrogens is 444 g/mol. The Bertz CT molecular complexity index is 1210.